The second-order valence-corrected chi connectivity index (χ2v) is 8.39. The minimum absolute atomic E-state index is 0.0402. The molecule has 0 aliphatic carbocycles. The highest BCUT2D eigenvalue weighted by molar-refractivity contribution is 6.30. The van der Waals surface area contributed by atoms with E-state index in [1.807, 2.05) is 30.7 Å². The van der Waals surface area contributed by atoms with Crippen molar-refractivity contribution in [2.75, 3.05) is 19.8 Å². The molecule has 1 aromatic heterocycles. The van der Waals surface area contributed by atoms with E-state index in [1.165, 1.54) is 5.56 Å². The molecule has 1 aliphatic rings. The fourth-order valence-corrected chi connectivity index (χ4v) is 4.32. The Morgan fingerprint density at radius 1 is 1.30 bits per heavy atom. The summed E-state index contributed by atoms with van der Waals surface area (Å²) in [6.07, 6.45) is 3.24. The van der Waals surface area contributed by atoms with Crippen molar-refractivity contribution in [3.05, 3.63) is 51.8 Å². The van der Waals surface area contributed by atoms with Gasteiger partial charge in [0.2, 0.25) is 5.91 Å². The summed E-state index contributed by atoms with van der Waals surface area (Å²) in [4.78, 5) is 12.7. The molecule has 30 heavy (non-hydrogen) atoms. The summed E-state index contributed by atoms with van der Waals surface area (Å²) in [6.45, 7) is 6.53. The third kappa shape index (κ3) is 5.21. The van der Waals surface area contributed by atoms with E-state index >= 15 is 0 Å². The monoisotopic (exact) mass is 428 g/mol. The molecule has 0 atom stereocenters. The normalized spacial score (nSPS) is 15.5. The second kappa shape index (κ2) is 10.1. The van der Waals surface area contributed by atoms with Crippen molar-refractivity contribution in [3.63, 3.8) is 0 Å². The molecule has 0 spiro atoms. The Hall–Kier alpha value is -2.36. The van der Waals surface area contributed by atoms with Gasteiger partial charge in [0, 0.05) is 42.3 Å². The molecule has 1 amide bonds. The summed E-state index contributed by atoms with van der Waals surface area (Å²) in [5, 5.41) is 17.2. The molecular formula is C23H29ClN4O2. The van der Waals surface area contributed by atoms with Crippen molar-refractivity contribution in [1.82, 2.24) is 15.1 Å². The molecule has 1 N–H and O–H groups in total. The second-order valence-electron chi connectivity index (χ2n) is 7.96. The minimum Gasteiger partial charge on any atom is -0.381 e. The van der Waals surface area contributed by atoms with Gasteiger partial charge in [0.15, 0.2) is 0 Å². The van der Waals surface area contributed by atoms with Crippen LogP contribution in [0.4, 0.5) is 0 Å². The van der Waals surface area contributed by atoms with Crippen molar-refractivity contribution in [3.8, 4) is 6.07 Å². The average molecular weight is 429 g/mol. The van der Waals surface area contributed by atoms with Crippen LogP contribution in [0.1, 0.15) is 48.2 Å². The van der Waals surface area contributed by atoms with Crippen LogP contribution in [0.3, 0.4) is 0 Å². The third-order valence-corrected chi connectivity index (χ3v) is 6.35. The molecule has 160 valence electrons. The molecule has 7 heteroatoms. The molecular weight excluding hydrogens is 400 g/mol. The van der Waals surface area contributed by atoms with Crippen LogP contribution in [0.25, 0.3) is 0 Å². The lowest BCUT2D eigenvalue weighted by Gasteiger charge is -2.38. The van der Waals surface area contributed by atoms with Gasteiger partial charge in [-0.25, -0.2) is 0 Å². The number of nitrogens with one attached hydrogen (secondary N) is 1. The van der Waals surface area contributed by atoms with E-state index in [4.69, 9.17) is 21.6 Å². The van der Waals surface area contributed by atoms with Gasteiger partial charge in [0.1, 0.15) is 0 Å². The van der Waals surface area contributed by atoms with Crippen LogP contribution >= 0.6 is 11.6 Å². The van der Waals surface area contributed by atoms with Gasteiger partial charge in [0.05, 0.1) is 24.7 Å². The van der Waals surface area contributed by atoms with Crippen LogP contribution < -0.4 is 5.32 Å². The highest BCUT2D eigenvalue weighted by Gasteiger charge is 2.34. The maximum Gasteiger partial charge on any atom is 0.220 e. The Kier molecular flexibility index (Phi) is 7.52. The summed E-state index contributed by atoms with van der Waals surface area (Å²) in [7, 11) is 0. The molecule has 0 radical (unpaired) electrons. The number of carbonyl (C=O) groups excluding carboxylic acids is 1. The van der Waals surface area contributed by atoms with Crippen LogP contribution in [0.15, 0.2) is 24.3 Å². The molecule has 1 fully saturated rings. The molecule has 1 saturated heterocycles. The smallest absolute Gasteiger partial charge is 0.220 e. The van der Waals surface area contributed by atoms with Crippen LogP contribution in [-0.4, -0.2) is 35.4 Å². The van der Waals surface area contributed by atoms with Crippen molar-refractivity contribution in [2.45, 2.75) is 57.9 Å². The number of aryl methyl sites for hydroxylation is 2. The average Bonchev–Trinajstić information content (AvgIpc) is 3.03. The summed E-state index contributed by atoms with van der Waals surface area (Å²) < 4.78 is 7.44. The van der Waals surface area contributed by atoms with E-state index < -0.39 is 0 Å². The number of amides is 1. The first-order valence-corrected chi connectivity index (χ1v) is 10.8. The Bertz CT molecular complexity index is 909. The number of benzene rings is 1. The number of nitrogens with zero attached hydrogens (tertiary/aromatic N) is 3. The van der Waals surface area contributed by atoms with E-state index in [9.17, 15) is 4.79 Å². The molecule has 2 heterocycles. The minimum atomic E-state index is -0.119. The van der Waals surface area contributed by atoms with Crippen molar-refractivity contribution in [2.24, 2.45) is 0 Å². The van der Waals surface area contributed by atoms with Crippen molar-refractivity contribution < 1.29 is 9.53 Å². The first-order valence-electron chi connectivity index (χ1n) is 10.5. The fraction of sp³-hybridized carbons (Fsp3) is 0.522. The predicted octanol–water partition coefficient (Wildman–Crippen LogP) is 3.86. The lowest BCUT2D eigenvalue weighted by molar-refractivity contribution is -0.121. The van der Waals surface area contributed by atoms with Crippen molar-refractivity contribution >= 4 is 17.5 Å². The molecule has 3 rings (SSSR count). The number of ether oxygens (including phenoxy) is 1. The molecule has 0 unspecified atom stereocenters. The highest BCUT2D eigenvalue weighted by Crippen LogP contribution is 2.35. The van der Waals surface area contributed by atoms with Gasteiger partial charge in [0.25, 0.3) is 0 Å². The highest BCUT2D eigenvalue weighted by atomic mass is 35.5. The summed E-state index contributed by atoms with van der Waals surface area (Å²) in [5.41, 5.74) is 4.15. The summed E-state index contributed by atoms with van der Waals surface area (Å²) >= 11 is 6.06. The van der Waals surface area contributed by atoms with E-state index in [0.29, 0.717) is 50.6 Å². The first-order chi connectivity index (χ1) is 14.4. The number of hydrogen-bond donors (Lipinski definition) is 1. The van der Waals surface area contributed by atoms with E-state index in [1.54, 1.807) is 0 Å². The van der Waals surface area contributed by atoms with Gasteiger partial charge < -0.3 is 10.1 Å². The maximum atomic E-state index is 12.7. The summed E-state index contributed by atoms with van der Waals surface area (Å²) in [5.74, 6) is 0.0402. The summed E-state index contributed by atoms with van der Waals surface area (Å²) in [6, 6.07) is 10.1. The zero-order chi connectivity index (χ0) is 21.6. The van der Waals surface area contributed by atoms with Crippen molar-refractivity contribution in [1.29, 1.82) is 5.26 Å². The van der Waals surface area contributed by atoms with Gasteiger partial charge in [-0.2, -0.15) is 10.4 Å². The zero-order valence-electron chi connectivity index (χ0n) is 17.7. The molecule has 6 nitrogen and oxygen atoms in total. The Balaban J connectivity index is 1.61. The quantitative estimate of drug-likeness (QED) is 0.692. The van der Waals surface area contributed by atoms with Gasteiger partial charge in [-0.1, -0.05) is 23.7 Å². The van der Waals surface area contributed by atoms with Gasteiger partial charge >= 0.3 is 0 Å². The number of nitriles is 1. The van der Waals surface area contributed by atoms with Gasteiger partial charge in [-0.05, 0) is 56.4 Å². The van der Waals surface area contributed by atoms with Crippen LogP contribution in [-0.2, 0) is 27.9 Å². The number of rotatable bonds is 8. The number of aromatic nitrogens is 2. The lowest BCUT2D eigenvalue weighted by Crippen LogP contribution is -2.44. The molecule has 0 saturated carbocycles. The standard InChI is InChI=1S/C23H29ClN4O2/c1-17-21(18(2)28(27-17)13-3-12-25)8-9-22(29)26-16-23(10-14-30-15-11-23)19-4-6-20(24)7-5-19/h4-7H,3,8-11,13-16H2,1-2H3,(H,26,29). The molecule has 1 aliphatic heterocycles. The third-order valence-electron chi connectivity index (χ3n) is 6.10. The SMILES string of the molecule is Cc1nn(CCC#N)c(C)c1CCC(=O)NCC1(c2ccc(Cl)cc2)CCOCC1. The van der Waals surface area contributed by atoms with Gasteiger partial charge in [-0.15, -0.1) is 0 Å². The molecule has 1 aromatic carbocycles. The molecule has 2 aromatic rings. The zero-order valence-corrected chi connectivity index (χ0v) is 18.5. The van der Waals surface area contributed by atoms with Crippen LogP contribution in [0.2, 0.25) is 5.02 Å². The van der Waals surface area contributed by atoms with E-state index in [-0.39, 0.29) is 11.3 Å². The number of hydrogen-bond acceptors (Lipinski definition) is 4. The van der Waals surface area contributed by atoms with E-state index in [2.05, 4.69) is 28.6 Å². The maximum absolute atomic E-state index is 12.7. The van der Waals surface area contributed by atoms with Crippen LogP contribution in [0.5, 0.6) is 0 Å². The predicted molar refractivity (Wildman–Crippen MR) is 116 cm³/mol. The molecule has 0 bridgehead atoms. The Morgan fingerprint density at radius 3 is 2.67 bits per heavy atom. The Labute approximate surface area is 183 Å². The van der Waals surface area contributed by atoms with E-state index in [0.717, 1.165) is 29.8 Å². The van der Waals surface area contributed by atoms with Crippen LogP contribution in [0, 0.1) is 25.2 Å². The largest absolute Gasteiger partial charge is 0.381 e. The lowest BCUT2D eigenvalue weighted by atomic mass is 9.74. The fourth-order valence-electron chi connectivity index (χ4n) is 4.20. The Morgan fingerprint density at radius 2 is 2.00 bits per heavy atom. The topological polar surface area (TPSA) is 79.9 Å². The number of carbonyl (C=O) groups is 1. The number of halogens is 1. The first kappa shape index (κ1) is 22.3. The van der Waals surface area contributed by atoms with Gasteiger partial charge in [-0.3, -0.25) is 9.48 Å².